The Labute approximate surface area is 251 Å². The molecule has 4 aromatic rings. The summed E-state index contributed by atoms with van der Waals surface area (Å²) in [5.74, 6) is -0.270. The van der Waals surface area contributed by atoms with Crippen LogP contribution in [0.25, 0.3) is 11.0 Å². The van der Waals surface area contributed by atoms with Crippen molar-refractivity contribution in [2.75, 3.05) is 26.8 Å². The van der Waals surface area contributed by atoms with E-state index >= 15 is 0 Å². The highest BCUT2D eigenvalue weighted by Crippen LogP contribution is 2.38. The van der Waals surface area contributed by atoms with E-state index < -0.39 is 6.29 Å². The monoisotopic (exact) mass is 582 g/mol. The van der Waals surface area contributed by atoms with Gasteiger partial charge in [-0.2, -0.15) is 0 Å². The Hall–Kier alpha value is -3.73. The number of hydrogen-bond donors (Lipinski definition) is 2. The fourth-order valence-corrected chi connectivity index (χ4v) is 5.94. The van der Waals surface area contributed by atoms with Crippen LogP contribution in [0, 0.1) is 0 Å². The van der Waals surface area contributed by atoms with Crippen molar-refractivity contribution in [2.24, 2.45) is 0 Å². The Morgan fingerprint density at radius 3 is 2.51 bits per heavy atom. The van der Waals surface area contributed by atoms with Crippen LogP contribution >= 0.6 is 0 Å². The number of ether oxygens (including phenoxy) is 3. The van der Waals surface area contributed by atoms with Crippen LogP contribution in [0.1, 0.15) is 64.4 Å². The van der Waals surface area contributed by atoms with Gasteiger partial charge in [-0.05, 0) is 48.2 Å². The largest absolute Gasteiger partial charge is 0.392 e. The predicted octanol–water partition coefficient (Wildman–Crippen LogP) is 4.71. The van der Waals surface area contributed by atoms with E-state index in [2.05, 4.69) is 20.2 Å². The van der Waals surface area contributed by atoms with Crippen LogP contribution in [0.5, 0.6) is 0 Å². The summed E-state index contributed by atoms with van der Waals surface area (Å²) < 4.78 is 18.6. The Kier molecular flexibility index (Phi) is 9.36. The van der Waals surface area contributed by atoms with Crippen LogP contribution in [0.4, 0.5) is 0 Å². The maximum absolute atomic E-state index is 12.8. The Morgan fingerprint density at radius 1 is 1.00 bits per heavy atom. The number of para-hydroxylation sites is 2. The van der Waals surface area contributed by atoms with Gasteiger partial charge in [0.1, 0.15) is 5.69 Å². The van der Waals surface area contributed by atoms with Crippen LogP contribution in [0.15, 0.2) is 79.0 Å². The molecule has 1 amide bonds. The summed E-state index contributed by atoms with van der Waals surface area (Å²) in [6.45, 7) is 2.96. The molecule has 2 aliphatic heterocycles. The summed E-state index contributed by atoms with van der Waals surface area (Å²) in [6.07, 6.45) is 3.87. The minimum atomic E-state index is -0.527. The summed E-state index contributed by atoms with van der Waals surface area (Å²) in [6, 6.07) is 23.8. The maximum atomic E-state index is 12.8. The molecular weight excluding hydrogens is 544 g/mol. The summed E-state index contributed by atoms with van der Waals surface area (Å²) in [4.78, 5) is 24.0. The van der Waals surface area contributed by atoms with E-state index in [4.69, 9.17) is 14.2 Å². The highest BCUT2D eigenvalue weighted by Gasteiger charge is 2.35. The number of rotatable bonds is 10. The van der Waals surface area contributed by atoms with Gasteiger partial charge in [0, 0.05) is 38.2 Å². The number of fused-ring (bicyclic) bond motifs is 1. The number of aliphatic hydroxyl groups excluding tert-OH is 1. The van der Waals surface area contributed by atoms with Gasteiger partial charge in [0.15, 0.2) is 6.29 Å². The van der Waals surface area contributed by atoms with Crippen LogP contribution in [-0.4, -0.2) is 64.8 Å². The minimum Gasteiger partial charge on any atom is -0.392 e. The quantitative estimate of drug-likeness (QED) is 0.277. The Balaban J connectivity index is 1.13. The van der Waals surface area contributed by atoms with Gasteiger partial charge in [0.25, 0.3) is 5.91 Å². The first-order chi connectivity index (χ1) is 21.1. The molecule has 0 radical (unpaired) electrons. The first-order valence-corrected chi connectivity index (χ1v) is 14.9. The molecule has 0 bridgehead atoms. The SMILES string of the molecule is COCC1CCCN1CC1CC(c2ccc(CO)cc2)OC(c2ccc(CNC(=O)c3cnc4ccccc4n3)cc2)O1. The lowest BCUT2D eigenvalue weighted by Crippen LogP contribution is -2.42. The van der Waals surface area contributed by atoms with E-state index in [0.29, 0.717) is 18.1 Å². The zero-order valence-corrected chi connectivity index (χ0v) is 24.4. The first-order valence-electron chi connectivity index (χ1n) is 14.9. The second-order valence-corrected chi connectivity index (χ2v) is 11.3. The fraction of sp³-hybridized carbons (Fsp3) is 0.382. The maximum Gasteiger partial charge on any atom is 0.271 e. The van der Waals surface area contributed by atoms with E-state index in [1.807, 2.05) is 72.8 Å². The highest BCUT2D eigenvalue weighted by molar-refractivity contribution is 5.93. The van der Waals surface area contributed by atoms with Crippen LogP contribution in [0.3, 0.4) is 0 Å². The lowest BCUT2D eigenvalue weighted by molar-refractivity contribution is -0.253. The summed E-state index contributed by atoms with van der Waals surface area (Å²) in [7, 11) is 1.76. The number of nitrogens with zero attached hydrogens (tertiary/aromatic N) is 3. The van der Waals surface area contributed by atoms with Gasteiger partial charge in [0.2, 0.25) is 0 Å². The lowest BCUT2D eigenvalue weighted by Gasteiger charge is -2.38. The average Bonchev–Trinajstić information content (AvgIpc) is 3.49. The van der Waals surface area contributed by atoms with Crippen molar-refractivity contribution in [3.8, 4) is 0 Å². The van der Waals surface area contributed by atoms with Gasteiger partial charge in [-0.25, -0.2) is 4.98 Å². The third kappa shape index (κ3) is 7.09. The molecule has 43 heavy (non-hydrogen) atoms. The van der Waals surface area contributed by atoms with Crippen molar-refractivity contribution in [3.05, 3.63) is 107 Å². The number of aliphatic hydroxyl groups is 1. The lowest BCUT2D eigenvalue weighted by atomic mass is 9.99. The molecule has 224 valence electrons. The number of methoxy groups -OCH3 is 1. The van der Waals surface area contributed by atoms with Crippen LogP contribution in [-0.2, 0) is 27.4 Å². The molecule has 2 saturated heterocycles. The third-order valence-corrected chi connectivity index (χ3v) is 8.30. The van der Waals surface area contributed by atoms with Crippen LogP contribution < -0.4 is 5.32 Å². The van der Waals surface area contributed by atoms with E-state index in [-0.39, 0.29) is 30.4 Å². The van der Waals surface area contributed by atoms with Gasteiger partial charge in [0.05, 0.1) is 42.7 Å². The number of aromatic nitrogens is 2. The molecule has 9 heteroatoms. The fourth-order valence-electron chi connectivity index (χ4n) is 5.94. The minimum absolute atomic E-state index is 0.0124. The van der Waals surface area contributed by atoms with E-state index in [1.54, 1.807) is 7.11 Å². The number of likely N-dealkylation sites (tertiary alicyclic amines) is 1. The van der Waals surface area contributed by atoms with Crippen molar-refractivity contribution in [1.29, 1.82) is 0 Å². The smallest absolute Gasteiger partial charge is 0.271 e. The molecular formula is C34H38N4O5. The summed E-state index contributed by atoms with van der Waals surface area (Å²) in [5.41, 5.74) is 5.55. The van der Waals surface area contributed by atoms with Gasteiger partial charge >= 0.3 is 0 Å². The molecule has 2 N–H and O–H groups in total. The number of carbonyl (C=O) groups excluding carboxylic acids is 1. The van der Waals surface area contributed by atoms with Crippen molar-refractivity contribution in [1.82, 2.24) is 20.2 Å². The molecule has 4 atom stereocenters. The Morgan fingerprint density at radius 2 is 1.74 bits per heavy atom. The van der Waals surface area contributed by atoms with Crippen LogP contribution in [0.2, 0.25) is 0 Å². The topological polar surface area (TPSA) is 106 Å². The standard InChI is InChI=1S/C34H38N4O5/c1-41-22-27-5-4-16-38(27)20-28-17-32(25-12-10-24(21-39)11-13-25)43-34(42-28)26-14-8-23(9-15-26)18-36-33(40)31-19-35-29-6-2-3-7-30(29)37-31/h2-3,6-15,19,27-28,32,34,39H,4-5,16-18,20-22H2,1H3,(H,36,40). The summed E-state index contributed by atoms with van der Waals surface area (Å²) >= 11 is 0. The predicted molar refractivity (Wildman–Crippen MR) is 162 cm³/mol. The van der Waals surface area contributed by atoms with Crippen molar-refractivity contribution >= 4 is 16.9 Å². The molecule has 2 fully saturated rings. The second-order valence-electron chi connectivity index (χ2n) is 11.3. The first kappa shape index (κ1) is 29.3. The molecule has 4 unspecified atom stereocenters. The zero-order chi connectivity index (χ0) is 29.6. The molecule has 6 rings (SSSR count). The number of carbonyl (C=O) groups is 1. The normalized spacial score (nSPS) is 22.6. The van der Waals surface area contributed by atoms with Gasteiger partial charge in [-0.1, -0.05) is 60.7 Å². The van der Waals surface area contributed by atoms with E-state index in [0.717, 1.165) is 66.7 Å². The molecule has 1 aromatic heterocycles. The molecule has 0 saturated carbocycles. The molecule has 2 aliphatic rings. The van der Waals surface area contributed by atoms with Crippen molar-refractivity contribution < 1.29 is 24.1 Å². The molecule has 9 nitrogen and oxygen atoms in total. The number of benzene rings is 3. The number of nitrogens with one attached hydrogen (secondary N) is 1. The molecule has 3 heterocycles. The van der Waals surface area contributed by atoms with Gasteiger partial charge < -0.3 is 24.6 Å². The Bertz CT molecular complexity index is 1510. The number of hydrogen-bond acceptors (Lipinski definition) is 8. The molecule has 0 spiro atoms. The third-order valence-electron chi connectivity index (χ3n) is 8.30. The van der Waals surface area contributed by atoms with Gasteiger partial charge in [-0.15, -0.1) is 0 Å². The number of amides is 1. The summed E-state index contributed by atoms with van der Waals surface area (Å²) in [5, 5.41) is 12.4. The zero-order valence-electron chi connectivity index (χ0n) is 24.4. The second kappa shape index (κ2) is 13.7. The van der Waals surface area contributed by atoms with E-state index in [1.165, 1.54) is 6.20 Å². The highest BCUT2D eigenvalue weighted by atomic mass is 16.7. The van der Waals surface area contributed by atoms with Gasteiger partial charge in [-0.3, -0.25) is 14.7 Å². The average molecular weight is 583 g/mol. The van der Waals surface area contributed by atoms with Crippen molar-refractivity contribution in [2.45, 2.75) is 57.0 Å². The molecule has 0 aliphatic carbocycles. The molecule has 3 aromatic carbocycles. The van der Waals surface area contributed by atoms with E-state index in [9.17, 15) is 9.90 Å². The van der Waals surface area contributed by atoms with Crippen molar-refractivity contribution in [3.63, 3.8) is 0 Å².